The maximum absolute atomic E-state index is 5.81. The van der Waals surface area contributed by atoms with Crippen LogP contribution in [0.1, 0.15) is 12.0 Å². The zero-order chi connectivity index (χ0) is 11.7. The SMILES string of the molecule is Cc1coc2cc(OCC3CCNC3)ccc12. The average molecular weight is 231 g/mol. The van der Waals surface area contributed by atoms with Crippen LogP contribution in [0.5, 0.6) is 5.75 Å². The summed E-state index contributed by atoms with van der Waals surface area (Å²) in [5.41, 5.74) is 2.08. The number of hydrogen-bond acceptors (Lipinski definition) is 3. The molecule has 1 unspecified atom stereocenters. The highest BCUT2D eigenvalue weighted by molar-refractivity contribution is 5.81. The fourth-order valence-corrected chi connectivity index (χ4v) is 2.30. The van der Waals surface area contributed by atoms with Crippen molar-refractivity contribution in [2.75, 3.05) is 19.7 Å². The normalized spacial score (nSPS) is 19.9. The number of nitrogens with one attached hydrogen (secondary N) is 1. The van der Waals surface area contributed by atoms with Crippen LogP contribution in [0.25, 0.3) is 11.0 Å². The number of furan rings is 1. The Hall–Kier alpha value is -1.48. The maximum atomic E-state index is 5.81. The Labute approximate surface area is 101 Å². The quantitative estimate of drug-likeness (QED) is 0.882. The number of rotatable bonds is 3. The molecule has 3 nitrogen and oxygen atoms in total. The van der Waals surface area contributed by atoms with Crippen molar-refractivity contribution in [3.8, 4) is 5.75 Å². The van der Waals surface area contributed by atoms with Crippen LogP contribution in [0.2, 0.25) is 0 Å². The van der Waals surface area contributed by atoms with Crippen LogP contribution in [0, 0.1) is 12.8 Å². The fourth-order valence-electron chi connectivity index (χ4n) is 2.30. The minimum absolute atomic E-state index is 0.643. The average Bonchev–Trinajstić information content (AvgIpc) is 2.97. The molecular formula is C14H17NO2. The van der Waals surface area contributed by atoms with Gasteiger partial charge in [-0.1, -0.05) is 0 Å². The van der Waals surface area contributed by atoms with Gasteiger partial charge in [-0.3, -0.25) is 0 Å². The lowest BCUT2D eigenvalue weighted by Crippen LogP contribution is -2.15. The summed E-state index contributed by atoms with van der Waals surface area (Å²) in [6.07, 6.45) is 3.00. The monoisotopic (exact) mass is 231 g/mol. The molecular weight excluding hydrogens is 214 g/mol. The van der Waals surface area contributed by atoms with Gasteiger partial charge < -0.3 is 14.5 Å². The number of benzene rings is 1. The van der Waals surface area contributed by atoms with Crippen molar-refractivity contribution in [3.63, 3.8) is 0 Å². The standard InChI is InChI=1S/C14H17NO2/c1-10-8-17-14-6-12(2-3-13(10)14)16-9-11-4-5-15-7-11/h2-3,6,8,11,15H,4-5,7,9H2,1H3. The van der Waals surface area contributed by atoms with Gasteiger partial charge in [-0.05, 0) is 37.6 Å². The number of aryl methyl sites for hydroxylation is 1. The Balaban J connectivity index is 1.72. The van der Waals surface area contributed by atoms with Crippen LogP contribution in [0.3, 0.4) is 0 Å². The topological polar surface area (TPSA) is 34.4 Å². The lowest BCUT2D eigenvalue weighted by Gasteiger charge is -2.10. The Bertz CT molecular complexity index is 512. The Morgan fingerprint density at radius 3 is 3.24 bits per heavy atom. The van der Waals surface area contributed by atoms with Gasteiger partial charge in [0.2, 0.25) is 0 Å². The maximum Gasteiger partial charge on any atom is 0.137 e. The largest absolute Gasteiger partial charge is 0.493 e. The van der Waals surface area contributed by atoms with E-state index in [2.05, 4.69) is 18.3 Å². The number of fused-ring (bicyclic) bond motifs is 1. The zero-order valence-corrected chi connectivity index (χ0v) is 10.0. The third-order valence-corrected chi connectivity index (χ3v) is 3.39. The summed E-state index contributed by atoms with van der Waals surface area (Å²) < 4.78 is 11.3. The minimum atomic E-state index is 0.643. The third kappa shape index (κ3) is 2.15. The first-order valence-electron chi connectivity index (χ1n) is 6.14. The molecule has 0 spiro atoms. The van der Waals surface area contributed by atoms with Crippen molar-refractivity contribution >= 4 is 11.0 Å². The fraction of sp³-hybridized carbons (Fsp3) is 0.429. The molecule has 1 aromatic heterocycles. The van der Waals surface area contributed by atoms with E-state index in [1.165, 1.54) is 17.4 Å². The van der Waals surface area contributed by atoms with Crippen LogP contribution in [0.4, 0.5) is 0 Å². The van der Waals surface area contributed by atoms with Gasteiger partial charge in [-0.25, -0.2) is 0 Å². The summed E-state index contributed by atoms with van der Waals surface area (Å²) in [6, 6.07) is 6.06. The summed E-state index contributed by atoms with van der Waals surface area (Å²) >= 11 is 0. The molecule has 2 aromatic rings. The van der Waals surface area contributed by atoms with Gasteiger partial charge in [0.15, 0.2) is 0 Å². The molecule has 17 heavy (non-hydrogen) atoms. The van der Waals surface area contributed by atoms with E-state index >= 15 is 0 Å². The van der Waals surface area contributed by atoms with E-state index in [0.717, 1.165) is 31.0 Å². The molecule has 3 rings (SSSR count). The van der Waals surface area contributed by atoms with Crippen molar-refractivity contribution in [1.29, 1.82) is 0 Å². The molecule has 0 amide bonds. The Morgan fingerprint density at radius 1 is 1.47 bits per heavy atom. The van der Waals surface area contributed by atoms with Gasteiger partial charge >= 0.3 is 0 Å². The summed E-state index contributed by atoms with van der Waals surface area (Å²) in [4.78, 5) is 0. The van der Waals surface area contributed by atoms with E-state index in [0.29, 0.717) is 5.92 Å². The van der Waals surface area contributed by atoms with Gasteiger partial charge in [0.1, 0.15) is 11.3 Å². The minimum Gasteiger partial charge on any atom is -0.493 e. The van der Waals surface area contributed by atoms with E-state index in [-0.39, 0.29) is 0 Å². The molecule has 1 aliphatic rings. The molecule has 2 heterocycles. The second kappa shape index (κ2) is 4.41. The van der Waals surface area contributed by atoms with Crippen LogP contribution in [0.15, 0.2) is 28.9 Å². The van der Waals surface area contributed by atoms with Crippen molar-refractivity contribution in [2.45, 2.75) is 13.3 Å². The second-order valence-electron chi connectivity index (χ2n) is 4.75. The first-order valence-corrected chi connectivity index (χ1v) is 6.14. The summed E-state index contributed by atoms with van der Waals surface area (Å²) in [7, 11) is 0. The van der Waals surface area contributed by atoms with E-state index in [9.17, 15) is 0 Å². The molecule has 1 aromatic carbocycles. The number of hydrogen-bond donors (Lipinski definition) is 1. The first-order chi connectivity index (χ1) is 8.33. The Morgan fingerprint density at radius 2 is 2.41 bits per heavy atom. The van der Waals surface area contributed by atoms with Crippen LogP contribution in [-0.2, 0) is 0 Å². The zero-order valence-electron chi connectivity index (χ0n) is 10.0. The van der Waals surface area contributed by atoms with Crippen molar-refractivity contribution in [3.05, 3.63) is 30.0 Å². The lowest BCUT2D eigenvalue weighted by atomic mass is 10.1. The smallest absolute Gasteiger partial charge is 0.137 e. The highest BCUT2D eigenvalue weighted by Crippen LogP contribution is 2.25. The highest BCUT2D eigenvalue weighted by Gasteiger charge is 2.15. The molecule has 1 N–H and O–H groups in total. The Kier molecular flexibility index (Phi) is 2.77. The third-order valence-electron chi connectivity index (χ3n) is 3.39. The summed E-state index contributed by atoms with van der Waals surface area (Å²) in [5.74, 6) is 1.54. The second-order valence-corrected chi connectivity index (χ2v) is 4.75. The molecule has 0 bridgehead atoms. The molecule has 1 aliphatic heterocycles. The van der Waals surface area contributed by atoms with Gasteiger partial charge in [0.05, 0.1) is 12.9 Å². The van der Waals surface area contributed by atoms with E-state index in [1.807, 2.05) is 12.1 Å². The van der Waals surface area contributed by atoms with Crippen molar-refractivity contribution in [2.24, 2.45) is 5.92 Å². The van der Waals surface area contributed by atoms with E-state index in [4.69, 9.17) is 9.15 Å². The predicted molar refractivity (Wildman–Crippen MR) is 67.4 cm³/mol. The van der Waals surface area contributed by atoms with E-state index < -0.39 is 0 Å². The molecule has 3 heteroatoms. The lowest BCUT2D eigenvalue weighted by molar-refractivity contribution is 0.260. The number of ether oxygens (including phenoxy) is 1. The van der Waals surface area contributed by atoms with Crippen LogP contribution < -0.4 is 10.1 Å². The van der Waals surface area contributed by atoms with Crippen LogP contribution in [-0.4, -0.2) is 19.7 Å². The van der Waals surface area contributed by atoms with Crippen molar-refractivity contribution < 1.29 is 9.15 Å². The van der Waals surface area contributed by atoms with Gasteiger partial charge in [0.25, 0.3) is 0 Å². The molecule has 0 saturated carbocycles. The molecule has 1 atom stereocenters. The van der Waals surface area contributed by atoms with Gasteiger partial charge in [-0.2, -0.15) is 0 Å². The van der Waals surface area contributed by atoms with Gasteiger partial charge in [0, 0.05) is 23.9 Å². The molecule has 0 radical (unpaired) electrons. The van der Waals surface area contributed by atoms with Crippen LogP contribution >= 0.6 is 0 Å². The van der Waals surface area contributed by atoms with Gasteiger partial charge in [-0.15, -0.1) is 0 Å². The summed E-state index contributed by atoms with van der Waals surface area (Å²) in [6.45, 7) is 5.03. The predicted octanol–water partition coefficient (Wildman–Crippen LogP) is 2.73. The molecule has 1 fully saturated rings. The van der Waals surface area contributed by atoms with Crippen molar-refractivity contribution in [1.82, 2.24) is 5.32 Å². The molecule has 1 saturated heterocycles. The van der Waals surface area contributed by atoms with E-state index in [1.54, 1.807) is 6.26 Å². The summed E-state index contributed by atoms with van der Waals surface area (Å²) in [5, 5.41) is 4.51. The first kappa shape index (κ1) is 10.7. The molecule has 0 aliphatic carbocycles. The highest BCUT2D eigenvalue weighted by atomic mass is 16.5. The molecule has 90 valence electrons.